The van der Waals surface area contributed by atoms with Gasteiger partial charge in [0, 0.05) is 13.2 Å². The zero-order valence-corrected chi connectivity index (χ0v) is 9.04. The third-order valence-corrected chi connectivity index (χ3v) is 1.89. The van der Waals surface area contributed by atoms with E-state index >= 15 is 0 Å². The van der Waals surface area contributed by atoms with E-state index in [0.29, 0.717) is 18.8 Å². The topological polar surface area (TPSA) is 130 Å². The zero-order valence-electron chi connectivity index (χ0n) is 9.04. The fourth-order valence-corrected chi connectivity index (χ4v) is 1.12. The maximum atomic E-state index is 11.3. The summed E-state index contributed by atoms with van der Waals surface area (Å²) in [6.45, 7) is -0.0212. The highest BCUT2D eigenvalue weighted by molar-refractivity contribution is 5.82. The molecule has 3 N–H and O–H groups in total. The summed E-state index contributed by atoms with van der Waals surface area (Å²) in [5.41, 5.74) is 0. The first-order valence-corrected chi connectivity index (χ1v) is 4.98. The minimum atomic E-state index is -1.11. The van der Waals surface area contributed by atoms with Gasteiger partial charge in [0.2, 0.25) is 5.91 Å². The summed E-state index contributed by atoms with van der Waals surface area (Å²) in [6, 6.07) is 0. The summed E-state index contributed by atoms with van der Waals surface area (Å²) in [5.74, 6) is -1.24. The zero-order chi connectivity index (χ0) is 12.7. The number of hydrogen-bond acceptors (Lipinski definition) is 6. The molecule has 0 fully saturated rings. The van der Waals surface area contributed by atoms with E-state index in [9.17, 15) is 9.59 Å². The van der Waals surface area contributed by atoms with E-state index in [0.717, 1.165) is 0 Å². The molecule has 0 aliphatic carbocycles. The van der Waals surface area contributed by atoms with Crippen LogP contribution < -0.4 is 5.32 Å². The molecule has 1 aromatic heterocycles. The van der Waals surface area contributed by atoms with Gasteiger partial charge in [0.25, 0.3) is 0 Å². The first-order valence-electron chi connectivity index (χ1n) is 4.98. The first-order chi connectivity index (χ1) is 8.13. The molecule has 1 amide bonds. The number of carboxylic acids is 1. The van der Waals surface area contributed by atoms with Crippen LogP contribution >= 0.6 is 0 Å². The fourth-order valence-electron chi connectivity index (χ4n) is 1.12. The third-order valence-electron chi connectivity index (χ3n) is 1.89. The summed E-state index contributed by atoms with van der Waals surface area (Å²) >= 11 is 0. The molecule has 0 atom stereocenters. The molecule has 9 nitrogen and oxygen atoms in total. The molecular weight excluding hydrogens is 230 g/mol. The summed E-state index contributed by atoms with van der Waals surface area (Å²) < 4.78 is 1.40. The number of nitrogens with zero attached hydrogens (tertiary/aromatic N) is 4. The van der Waals surface area contributed by atoms with Crippen LogP contribution in [-0.2, 0) is 22.6 Å². The van der Waals surface area contributed by atoms with Crippen molar-refractivity contribution in [1.29, 1.82) is 0 Å². The number of amides is 1. The van der Waals surface area contributed by atoms with Crippen LogP contribution in [0.4, 0.5) is 0 Å². The second-order valence-electron chi connectivity index (χ2n) is 3.24. The number of hydrogen-bond donors (Lipinski definition) is 3. The van der Waals surface area contributed by atoms with Crippen molar-refractivity contribution in [3.8, 4) is 0 Å². The van der Waals surface area contributed by atoms with E-state index in [1.54, 1.807) is 0 Å². The second-order valence-corrected chi connectivity index (χ2v) is 3.24. The number of aryl methyl sites for hydroxylation is 1. The molecule has 0 aliphatic rings. The Kier molecular flexibility index (Phi) is 5.01. The summed E-state index contributed by atoms with van der Waals surface area (Å²) in [5, 5.41) is 29.9. The molecule has 0 bridgehead atoms. The van der Waals surface area contributed by atoms with Crippen LogP contribution in [0, 0.1) is 0 Å². The third kappa shape index (κ3) is 4.55. The molecule has 0 unspecified atom stereocenters. The van der Waals surface area contributed by atoms with Gasteiger partial charge in [0.1, 0.15) is 6.54 Å². The van der Waals surface area contributed by atoms with Crippen molar-refractivity contribution in [2.75, 3.05) is 13.2 Å². The number of aliphatic hydroxyl groups excluding tert-OH is 1. The molecule has 0 saturated carbocycles. The van der Waals surface area contributed by atoms with E-state index in [1.165, 1.54) is 4.68 Å². The first kappa shape index (κ1) is 13.0. The SMILES string of the molecule is O=C(O)CNC(=O)Cc1nnnn1CCCO. The molecule has 0 aliphatic heterocycles. The van der Waals surface area contributed by atoms with Crippen molar-refractivity contribution >= 4 is 11.9 Å². The van der Waals surface area contributed by atoms with E-state index in [2.05, 4.69) is 20.8 Å². The van der Waals surface area contributed by atoms with Crippen molar-refractivity contribution < 1.29 is 19.8 Å². The monoisotopic (exact) mass is 243 g/mol. The van der Waals surface area contributed by atoms with Crippen molar-refractivity contribution in [3.05, 3.63) is 5.82 Å². The number of carbonyl (C=O) groups excluding carboxylic acids is 1. The van der Waals surface area contributed by atoms with E-state index < -0.39 is 18.4 Å². The molecule has 9 heteroatoms. The highest BCUT2D eigenvalue weighted by Gasteiger charge is 2.11. The van der Waals surface area contributed by atoms with Crippen LogP contribution in [0.1, 0.15) is 12.2 Å². The van der Waals surface area contributed by atoms with Gasteiger partial charge in [-0.3, -0.25) is 9.59 Å². The molecule has 1 heterocycles. The number of nitrogens with one attached hydrogen (secondary N) is 1. The summed E-state index contributed by atoms with van der Waals surface area (Å²) in [6.07, 6.45) is 0.389. The Labute approximate surface area is 96.4 Å². The van der Waals surface area contributed by atoms with Crippen LogP contribution in [0.25, 0.3) is 0 Å². The second kappa shape index (κ2) is 6.53. The molecule has 0 radical (unpaired) electrons. The van der Waals surface area contributed by atoms with Crippen LogP contribution in [-0.4, -0.2) is 55.4 Å². The van der Waals surface area contributed by atoms with Crippen molar-refractivity contribution in [1.82, 2.24) is 25.5 Å². The minimum absolute atomic E-state index is 0.00447. The van der Waals surface area contributed by atoms with Gasteiger partial charge in [-0.25, -0.2) is 4.68 Å². The summed E-state index contributed by atoms with van der Waals surface area (Å²) in [4.78, 5) is 21.5. The van der Waals surface area contributed by atoms with Gasteiger partial charge >= 0.3 is 5.97 Å². The number of aliphatic hydroxyl groups is 1. The fraction of sp³-hybridized carbons (Fsp3) is 0.625. The predicted molar refractivity (Wildman–Crippen MR) is 53.9 cm³/mol. The number of tetrazole rings is 1. The summed E-state index contributed by atoms with van der Waals surface area (Å²) in [7, 11) is 0. The van der Waals surface area contributed by atoms with E-state index in [1.807, 2.05) is 0 Å². The van der Waals surface area contributed by atoms with Crippen molar-refractivity contribution in [2.45, 2.75) is 19.4 Å². The Balaban J connectivity index is 2.47. The van der Waals surface area contributed by atoms with Gasteiger partial charge in [-0.2, -0.15) is 0 Å². The molecule has 1 rings (SSSR count). The normalized spacial score (nSPS) is 10.2. The Morgan fingerprint density at radius 3 is 2.82 bits per heavy atom. The smallest absolute Gasteiger partial charge is 0.322 e. The van der Waals surface area contributed by atoms with Gasteiger partial charge in [-0.05, 0) is 16.8 Å². The van der Waals surface area contributed by atoms with E-state index in [-0.39, 0.29) is 13.0 Å². The number of rotatable bonds is 7. The molecule has 0 aromatic carbocycles. The minimum Gasteiger partial charge on any atom is -0.480 e. The van der Waals surface area contributed by atoms with Gasteiger partial charge in [0.15, 0.2) is 5.82 Å². The van der Waals surface area contributed by atoms with Crippen molar-refractivity contribution in [2.24, 2.45) is 0 Å². The van der Waals surface area contributed by atoms with E-state index in [4.69, 9.17) is 10.2 Å². The number of aromatic nitrogens is 4. The standard InChI is InChI=1S/C8H13N5O4/c14-3-1-2-13-6(10-11-12-13)4-7(15)9-5-8(16)17/h14H,1-5H2,(H,9,15)(H,16,17). The van der Waals surface area contributed by atoms with Crippen LogP contribution in [0.5, 0.6) is 0 Å². The Morgan fingerprint density at radius 2 is 2.18 bits per heavy atom. The van der Waals surface area contributed by atoms with Crippen LogP contribution in [0.15, 0.2) is 0 Å². The molecule has 17 heavy (non-hydrogen) atoms. The molecular formula is C8H13N5O4. The average Bonchev–Trinajstić information content (AvgIpc) is 2.71. The average molecular weight is 243 g/mol. The molecule has 94 valence electrons. The Morgan fingerprint density at radius 1 is 1.41 bits per heavy atom. The quantitative estimate of drug-likeness (QED) is 0.495. The lowest BCUT2D eigenvalue weighted by atomic mass is 10.3. The van der Waals surface area contributed by atoms with Gasteiger partial charge in [-0.1, -0.05) is 0 Å². The highest BCUT2D eigenvalue weighted by atomic mass is 16.4. The van der Waals surface area contributed by atoms with Gasteiger partial charge < -0.3 is 15.5 Å². The molecule has 0 saturated heterocycles. The maximum absolute atomic E-state index is 11.3. The largest absolute Gasteiger partial charge is 0.480 e. The highest BCUT2D eigenvalue weighted by Crippen LogP contribution is 1.95. The number of carboxylic acid groups (broad SMARTS) is 1. The Bertz CT molecular complexity index is 391. The lowest BCUT2D eigenvalue weighted by Gasteiger charge is -2.03. The number of aliphatic carboxylic acids is 1. The van der Waals surface area contributed by atoms with Crippen LogP contribution in [0.3, 0.4) is 0 Å². The lowest BCUT2D eigenvalue weighted by Crippen LogP contribution is -2.31. The molecule has 1 aromatic rings. The van der Waals surface area contributed by atoms with Gasteiger partial charge in [-0.15, -0.1) is 5.10 Å². The number of carbonyl (C=O) groups is 2. The predicted octanol–water partition coefficient (Wildman–Crippen LogP) is -2.20. The lowest BCUT2D eigenvalue weighted by molar-refractivity contribution is -0.137. The molecule has 0 spiro atoms. The Hall–Kier alpha value is -2.03. The maximum Gasteiger partial charge on any atom is 0.322 e. The van der Waals surface area contributed by atoms with Crippen LogP contribution in [0.2, 0.25) is 0 Å². The van der Waals surface area contributed by atoms with Gasteiger partial charge in [0.05, 0.1) is 6.42 Å². The van der Waals surface area contributed by atoms with Crippen molar-refractivity contribution in [3.63, 3.8) is 0 Å².